The number of pyridine rings is 1. The molecule has 23 heavy (non-hydrogen) atoms. The molecule has 1 heterocycles. The first-order valence-electron chi connectivity index (χ1n) is 8.91. The van der Waals surface area contributed by atoms with Gasteiger partial charge in [-0.05, 0) is 29.0 Å². The molecule has 1 nitrogen and oxygen atoms in total. The minimum atomic E-state index is -1.37. The van der Waals surface area contributed by atoms with E-state index in [1.54, 1.807) is 0 Å². The number of hydrogen-bond acceptors (Lipinski definition) is 1. The van der Waals surface area contributed by atoms with Crippen molar-refractivity contribution < 1.29 is 2.74 Å². The fraction of sp³-hybridized carbons (Fsp3) is 0.227. The molecular weight excluding hydrogens is 278 g/mol. The number of nitrogens with zero attached hydrogens (tertiary/aromatic N) is 1. The highest BCUT2D eigenvalue weighted by Crippen LogP contribution is 2.25. The first kappa shape index (κ1) is 13.1. The number of aromatic nitrogens is 1. The number of rotatable bonds is 3. The van der Waals surface area contributed by atoms with Crippen LogP contribution in [0.3, 0.4) is 0 Å². The predicted octanol–water partition coefficient (Wildman–Crippen LogP) is 6.00. The topological polar surface area (TPSA) is 12.9 Å². The third-order valence-electron chi connectivity index (χ3n) is 3.57. The van der Waals surface area contributed by atoms with Gasteiger partial charge in [0.15, 0.2) is 0 Å². The van der Waals surface area contributed by atoms with Crippen molar-refractivity contribution in [1.29, 1.82) is 0 Å². The van der Waals surface area contributed by atoms with E-state index in [4.69, 9.17) is 2.74 Å². The first-order valence-corrected chi connectivity index (χ1v) is 7.91. The van der Waals surface area contributed by atoms with Crippen LogP contribution in [0.1, 0.15) is 29.1 Å². The maximum atomic E-state index is 8.37. The van der Waals surface area contributed by atoms with Gasteiger partial charge in [0, 0.05) is 20.1 Å². The molecule has 3 aromatic rings. The Labute approximate surface area is 141 Å². The van der Waals surface area contributed by atoms with E-state index in [1.807, 2.05) is 87.6 Å². The van der Waals surface area contributed by atoms with E-state index in [9.17, 15) is 0 Å². The maximum Gasteiger partial charge on any atom is 0.0702 e. The summed E-state index contributed by atoms with van der Waals surface area (Å²) in [6.45, 7) is 5.77. The predicted molar refractivity (Wildman–Crippen MR) is 98.3 cm³/mol. The van der Waals surface area contributed by atoms with Gasteiger partial charge < -0.3 is 0 Å². The van der Waals surface area contributed by atoms with Crippen LogP contribution in [-0.2, 0) is 6.37 Å². The van der Waals surface area contributed by atoms with Gasteiger partial charge in [-0.2, -0.15) is 0 Å². The van der Waals surface area contributed by atoms with Crippen molar-refractivity contribution in [1.82, 2.24) is 4.98 Å². The Kier molecular flexibility index (Phi) is 3.62. The van der Waals surface area contributed by atoms with Crippen molar-refractivity contribution in [3.05, 3.63) is 78.5 Å². The molecule has 0 amide bonds. The molecule has 3 rings (SSSR count). The van der Waals surface area contributed by atoms with Crippen LogP contribution in [0.4, 0.5) is 0 Å². The third-order valence-corrected chi connectivity index (χ3v) is 3.57. The van der Waals surface area contributed by atoms with Crippen LogP contribution in [0.15, 0.2) is 72.9 Å². The van der Waals surface area contributed by atoms with Gasteiger partial charge in [-0.15, -0.1) is 0 Å². The lowest BCUT2D eigenvalue weighted by Crippen LogP contribution is -2.08. The summed E-state index contributed by atoms with van der Waals surface area (Å²) in [6.07, 6.45) is 0.497. The fourth-order valence-corrected chi connectivity index (χ4v) is 2.52. The van der Waals surface area contributed by atoms with Gasteiger partial charge in [0.2, 0.25) is 0 Å². The largest absolute Gasteiger partial charge is 0.256 e. The van der Waals surface area contributed by atoms with Crippen LogP contribution in [0, 0.1) is 5.41 Å². The first-order chi connectivity index (χ1) is 11.8. The van der Waals surface area contributed by atoms with E-state index in [2.05, 4.69) is 11.1 Å². The molecule has 0 N–H and O–H groups in total. The molecule has 2 aromatic carbocycles. The summed E-state index contributed by atoms with van der Waals surface area (Å²) in [5, 5.41) is 0. The molecular formula is C22H23N. The second kappa shape index (κ2) is 6.37. The highest BCUT2D eigenvalue weighted by molar-refractivity contribution is 5.66. The smallest absolute Gasteiger partial charge is 0.0702 e. The van der Waals surface area contributed by atoms with E-state index >= 15 is 0 Å². The number of benzene rings is 2. The molecule has 1 heteroatoms. The van der Waals surface area contributed by atoms with Crippen molar-refractivity contribution in [3.63, 3.8) is 0 Å². The summed E-state index contributed by atoms with van der Waals surface area (Å²) in [5.41, 5.74) is 4.38. The molecule has 0 radical (unpaired) electrons. The lowest BCUT2D eigenvalue weighted by atomic mass is 9.88. The van der Waals surface area contributed by atoms with Crippen molar-refractivity contribution in [3.8, 4) is 22.4 Å². The molecule has 0 saturated heterocycles. The molecule has 0 aliphatic heterocycles. The standard InChI is InChI=1S/C22H23N/c1-22(2,3)15-17-9-11-18(12-10-17)20-13-14-21(23-16-20)19-7-5-4-6-8-19/h4-14,16H,15H2,1-3H3/i15D2. The molecule has 0 fully saturated rings. The Morgan fingerprint density at radius 1 is 0.783 bits per heavy atom. The quantitative estimate of drug-likeness (QED) is 0.578. The van der Waals surface area contributed by atoms with Crippen molar-refractivity contribution >= 4 is 0 Å². The van der Waals surface area contributed by atoms with Gasteiger partial charge in [-0.3, -0.25) is 4.98 Å². The Morgan fingerprint density at radius 2 is 1.43 bits per heavy atom. The summed E-state index contributed by atoms with van der Waals surface area (Å²) < 4.78 is 16.7. The highest BCUT2D eigenvalue weighted by Gasteiger charge is 2.11. The van der Waals surface area contributed by atoms with E-state index in [0.717, 1.165) is 22.4 Å². The molecule has 1 aromatic heterocycles. The molecule has 0 spiro atoms. The maximum absolute atomic E-state index is 8.37. The monoisotopic (exact) mass is 303 g/mol. The van der Waals surface area contributed by atoms with Gasteiger partial charge in [0.05, 0.1) is 5.69 Å². The van der Waals surface area contributed by atoms with Gasteiger partial charge >= 0.3 is 0 Å². The Bertz CT molecular complexity index is 830. The van der Waals surface area contributed by atoms with Gasteiger partial charge in [-0.25, -0.2) is 0 Å². The number of hydrogen-bond donors (Lipinski definition) is 0. The Morgan fingerprint density at radius 3 is 2.00 bits per heavy atom. The molecule has 0 saturated carbocycles. The van der Waals surface area contributed by atoms with E-state index in [0.29, 0.717) is 5.56 Å². The SMILES string of the molecule is [2H]C([2H])(c1ccc(-c2ccc(-c3ccccc3)nc2)cc1)C(C)(C)C. The lowest BCUT2D eigenvalue weighted by molar-refractivity contribution is 0.411. The highest BCUT2D eigenvalue weighted by atomic mass is 14.7. The van der Waals surface area contributed by atoms with Crippen LogP contribution in [0.2, 0.25) is 0 Å². The second-order valence-corrected chi connectivity index (χ2v) is 6.75. The van der Waals surface area contributed by atoms with Crippen LogP contribution in [0.25, 0.3) is 22.4 Å². The molecule has 116 valence electrons. The summed E-state index contributed by atoms with van der Waals surface area (Å²) >= 11 is 0. The second-order valence-electron chi connectivity index (χ2n) is 6.75. The van der Waals surface area contributed by atoms with Gasteiger partial charge in [0.1, 0.15) is 0 Å². The average Bonchev–Trinajstić information content (AvgIpc) is 2.62. The lowest BCUT2D eigenvalue weighted by Gasteiger charge is -2.18. The Hall–Kier alpha value is -2.41. The summed E-state index contributed by atoms with van der Waals surface area (Å²) in [4.78, 5) is 4.56. The van der Waals surface area contributed by atoms with Crippen molar-refractivity contribution in [2.24, 2.45) is 5.41 Å². The van der Waals surface area contributed by atoms with Crippen LogP contribution >= 0.6 is 0 Å². The molecule has 0 bridgehead atoms. The minimum absolute atomic E-state index is 0.451. The van der Waals surface area contributed by atoms with Gasteiger partial charge in [0.25, 0.3) is 0 Å². The summed E-state index contributed by atoms with van der Waals surface area (Å²) in [7, 11) is 0. The molecule has 0 aliphatic carbocycles. The molecule has 0 atom stereocenters. The normalized spacial score (nSPS) is 13.3. The molecule has 0 unspecified atom stereocenters. The van der Waals surface area contributed by atoms with E-state index < -0.39 is 11.8 Å². The van der Waals surface area contributed by atoms with Crippen molar-refractivity contribution in [2.45, 2.75) is 27.1 Å². The van der Waals surface area contributed by atoms with Crippen molar-refractivity contribution in [2.75, 3.05) is 0 Å². The summed E-state index contributed by atoms with van der Waals surface area (Å²) in [6, 6.07) is 21.9. The average molecular weight is 303 g/mol. The van der Waals surface area contributed by atoms with Gasteiger partial charge in [-0.1, -0.05) is 81.4 Å². The van der Waals surface area contributed by atoms with E-state index in [1.165, 1.54) is 0 Å². The van der Waals surface area contributed by atoms with E-state index in [-0.39, 0.29) is 0 Å². The van der Waals surface area contributed by atoms with Crippen LogP contribution in [-0.4, -0.2) is 4.98 Å². The Balaban J connectivity index is 1.86. The fourth-order valence-electron chi connectivity index (χ4n) is 2.52. The summed E-state index contributed by atoms with van der Waals surface area (Å²) in [5.74, 6) is 0. The minimum Gasteiger partial charge on any atom is -0.256 e. The van der Waals surface area contributed by atoms with Crippen LogP contribution in [0.5, 0.6) is 0 Å². The third kappa shape index (κ3) is 4.07. The van der Waals surface area contributed by atoms with Crippen LogP contribution < -0.4 is 0 Å². The zero-order chi connectivity index (χ0) is 18.1. The zero-order valence-electron chi connectivity index (χ0n) is 15.9. The zero-order valence-corrected chi connectivity index (χ0v) is 13.9. The molecule has 0 aliphatic rings.